The first-order valence-electron chi connectivity index (χ1n) is 5.29. The summed E-state index contributed by atoms with van der Waals surface area (Å²) in [5.74, 6) is 0. The van der Waals surface area contributed by atoms with Crippen LogP contribution in [0.3, 0.4) is 0 Å². The molecule has 0 unspecified atom stereocenters. The monoisotopic (exact) mass is 239 g/mol. The molecule has 1 rings (SSSR count). The van der Waals surface area contributed by atoms with E-state index in [1.54, 1.807) is 5.32 Å². The van der Waals surface area contributed by atoms with Crippen LogP contribution >= 0.6 is 0 Å². The molecule has 16 heavy (non-hydrogen) atoms. The van der Waals surface area contributed by atoms with Crippen LogP contribution in [0.1, 0.15) is 19.3 Å². The van der Waals surface area contributed by atoms with Crippen LogP contribution in [0.15, 0.2) is 0 Å². The van der Waals surface area contributed by atoms with Crippen molar-refractivity contribution < 1.29 is 18.0 Å². The minimum absolute atomic E-state index is 0.378. The first-order valence-corrected chi connectivity index (χ1v) is 5.29. The Morgan fingerprint density at radius 1 is 1.38 bits per heavy atom. The Bertz CT molecular complexity index is 227. The van der Waals surface area contributed by atoms with Crippen LogP contribution in [0.4, 0.5) is 18.0 Å². The molecule has 0 radical (unpaired) electrons. The van der Waals surface area contributed by atoms with E-state index in [2.05, 4.69) is 10.6 Å². The molecule has 7 heteroatoms. The van der Waals surface area contributed by atoms with Gasteiger partial charge in [-0.1, -0.05) is 0 Å². The van der Waals surface area contributed by atoms with E-state index in [1.165, 1.54) is 0 Å². The van der Waals surface area contributed by atoms with E-state index >= 15 is 0 Å². The van der Waals surface area contributed by atoms with E-state index in [-0.39, 0.29) is 0 Å². The van der Waals surface area contributed by atoms with Gasteiger partial charge in [0.2, 0.25) is 0 Å². The van der Waals surface area contributed by atoms with Crippen LogP contribution in [-0.2, 0) is 0 Å². The average Bonchev–Trinajstić information content (AvgIpc) is 2.66. The number of urea groups is 1. The number of hydrogen-bond acceptors (Lipinski definition) is 2. The molecule has 0 aromatic rings. The molecule has 1 aliphatic rings. The van der Waals surface area contributed by atoms with Crippen LogP contribution in [-0.4, -0.2) is 37.9 Å². The highest BCUT2D eigenvalue weighted by Crippen LogP contribution is 2.12. The quantitative estimate of drug-likeness (QED) is 0.685. The standard InChI is InChI=1S/C9H16F3N3O/c10-9(11,12)6-15-8(16)14-5-3-7-2-1-4-13-7/h7,13H,1-6H2,(H2,14,15,16)/t7-/m0/s1. The summed E-state index contributed by atoms with van der Waals surface area (Å²) in [6.45, 7) is 0.0762. The number of amides is 2. The second-order valence-electron chi connectivity index (χ2n) is 3.81. The highest BCUT2D eigenvalue weighted by atomic mass is 19.4. The number of rotatable bonds is 4. The summed E-state index contributed by atoms with van der Waals surface area (Å²) in [7, 11) is 0. The second-order valence-corrected chi connectivity index (χ2v) is 3.81. The lowest BCUT2D eigenvalue weighted by molar-refractivity contribution is -0.122. The molecule has 0 aromatic heterocycles. The summed E-state index contributed by atoms with van der Waals surface area (Å²) >= 11 is 0. The van der Waals surface area contributed by atoms with Crippen molar-refractivity contribution in [3.05, 3.63) is 0 Å². The van der Waals surface area contributed by atoms with Gasteiger partial charge in [0, 0.05) is 12.6 Å². The summed E-state index contributed by atoms with van der Waals surface area (Å²) in [5.41, 5.74) is 0. The van der Waals surface area contributed by atoms with E-state index in [0.717, 1.165) is 25.8 Å². The smallest absolute Gasteiger partial charge is 0.338 e. The number of nitrogens with one attached hydrogen (secondary N) is 3. The van der Waals surface area contributed by atoms with Gasteiger partial charge in [0.05, 0.1) is 0 Å². The summed E-state index contributed by atoms with van der Waals surface area (Å²) in [6.07, 6.45) is -1.43. The van der Waals surface area contributed by atoms with Crippen molar-refractivity contribution >= 4 is 6.03 Å². The van der Waals surface area contributed by atoms with Gasteiger partial charge in [-0.25, -0.2) is 4.79 Å². The minimum Gasteiger partial charge on any atom is -0.338 e. The number of carbonyl (C=O) groups is 1. The summed E-state index contributed by atoms with van der Waals surface area (Å²) in [6, 6.07) is -0.391. The minimum atomic E-state index is -4.36. The van der Waals surface area contributed by atoms with Gasteiger partial charge < -0.3 is 16.0 Å². The topological polar surface area (TPSA) is 53.2 Å². The summed E-state index contributed by atoms with van der Waals surface area (Å²) in [5, 5.41) is 7.38. The van der Waals surface area contributed by atoms with Crippen molar-refractivity contribution in [2.75, 3.05) is 19.6 Å². The van der Waals surface area contributed by atoms with Gasteiger partial charge in [-0.15, -0.1) is 0 Å². The van der Waals surface area contributed by atoms with Gasteiger partial charge in [-0.05, 0) is 25.8 Å². The van der Waals surface area contributed by atoms with Crippen LogP contribution in [0.5, 0.6) is 0 Å². The molecule has 3 N–H and O–H groups in total. The molecular formula is C9H16F3N3O. The highest BCUT2D eigenvalue weighted by molar-refractivity contribution is 5.73. The van der Waals surface area contributed by atoms with Crippen LogP contribution < -0.4 is 16.0 Å². The van der Waals surface area contributed by atoms with E-state index in [0.29, 0.717) is 12.6 Å². The molecule has 1 heterocycles. The Labute approximate surface area is 92.0 Å². The van der Waals surface area contributed by atoms with Gasteiger partial charge in [0.25, 0.3) is 0 Å². The molecule has 1 aliphatic heterocycles. The fraction of sp³-hybridized carbons (Fsp3) is 0.889. The molecule has 0 saturated carbocycles. The van der Waals surface area contributed by atoms with Gasteiger partial charge in [0.15, 0.2) is 0 Å². The molecule has 1 atom stereocenters. The lowest BCUT2D eigenvalue weighted by Gasteiger charge is -2.12. The Kier molecular flexibility index (Phi) is 4.85. The molecule has 0 aromatic carbocycles. The van der Waals surface area contributed by atoms with Gasteiger partial charge >= 0.3 is 12.2 Å². The largest absolute Gasteiger partial charge is 0.405 e. The fourth-order valence-electron chi connectivity index (χ4n) is 1.61. The molecule has 4 nitrogen and oxygen atoms in total. The normalized spacial score (nSPS) is 20.8. The van der Waals surface area contributed by atoms with Crippen LogP contribution in [0.25, 0.3) is 0 Å². The summed E-state index contributed by atoms with van der Waals surface area (Å²) in [4.78, 5) is 10.9. The number of halogens is 3. The van der Waals surface area contributed by atoms with Crippen molar-refractivity contribution in [1.82, 2.24) is 16.0 Å². The third-order valence-electron chi connectivity index (χ3n) is 2.39. The SMILES string of the molecule is O=C(NCC[C@@H]1CCCN1)NCC(F)(F)F. The average molecular weight is 239 g/mol. The van der Waals surface area contributed by atoms with E-state index in [1.807, 2.05) is 0 Å². The number of hydrogen-bond donors (Lipinski definition) is 3. The zero-order valence-corrected chi connectivity index (χ0v) is 8.86. The Morgan fingerprint density at radius 3 is 2.69 bits per heavy atom. The zero-order chi connectivity index (χ0) is 12.0. The molecule has 0 spiro atoms. The Morgan fingerprint density at radius 2 is 2.12 bits per heavy atom. The number of alkyl halides is 3. The molecule has 1 saturated heterocycles. The van der Waals surface area contributed by atoms with Crippen LogP contribution in [0, 0.1) is 0 Å². The second kappa shape index (κ2) is 5.93. The number of carbonyl (C=O) groups excluding carboxylic acids is 1. The first-order chi connectivity index (χ1) is 7.47. The maximum atomic E-state index is 11.7. The third-order valence-corrected chi connectivity index (χ3v) is 2.39. The van der Waals surface area contributed by atoms with Gasteiger partial charge in [-0.3, -0.25) is 0 Å². The molecule has 0 aliphatic carbocycles. The maximum absolute atomic E-state index is 11.7. The van der Waals surface area contributed by atoms with Crippen molar-refractivity contribution in [3.8, 4) is 0 Å². The lowest BCUT2D eigenvalue weighted by atomic mass is 10.1. The van der Waals surface area contributed by atoms with Crippen molar-refractivity contribution in [2.45, 2.75) is 31.5 Å². The highest BCUT2D eigenvalue weighted by Gasteiger charge is 2.27. The molecular weight excluding hydrogens is 223 g/mol. The van der Waals surface area contributed by atoms with Gasteiger partial charge in [0.1, 0.15) is 6.54 Å². The third kappa shape index (κ3) is 5.79. The molecule has 2 amide bonds. The van der Waals surface area contributed by atoms with Crippen molar-refractivity contribution in [1.29, 1.82) is 0 Å². The summed E-state index contributed by atoms with van der Waals surface area (Å²) < 4.78 is 35.2. The molecule has 0 bridgehead atoms. The fourth-order valence-corrected chi connectivity index (χ4v) is 1.61. The zero-order valence-electron chi connectivity index (χ0n) is 8.86. The maximum Gasteiger partial charge on any atom is 0.405 e. The van der Waals surface area contributed by atoms with Crippen molar-refractivity contribution in [3.63, 3.8) is 0 Å². The molecule has 1 fully saturated rings. The Balaban J connectivity index is 2.01. The van der Waals surface area contributed by atoms with Crippen LogP contribution in [0.2, 0.25) is 0 Å². The lowest BCUT2D eigenvalue weighted by Crippen LogP contribution is -2.42. The first kappa shape index (κ1) is 13.1. The van der Waals surface area contributed by atoms with E-state index in [4.69, 9.17) is 0 Å². The van der Waals surface area contributed by atoms with Gasteiger partial charge in [-0.2, -0.15) is 13.2 Å². The predicted octanol–water partition coefficient (Wildman–Crippen LogP) is 0.990. The van der Waals surface area contributed by atoms with Crippen molar-refractivity contribution in [2.24, 2.45) is 0 Å². The Hall–Kier alpha value is -0.980. The predicted molar refractivity (Wildman–Crippen MR) is 53.1 cm³/mol. The van der Waals surface area contributed by atoms with E-state index < -0.39 is 18.8 Å². The molecule has 94 valence electrons. The van der Waals surface area contributed by atoms with E-state index in [9.17, 15) is 18.0 Å².